The second-order valence-electron chi connectivity index (χ2n) is 3.76. The fourth-order valence-corrected chi connectivity index (χ4v) is 2.08. The number of aromatic carboxylic acids is 1. The number of rotatable bonds is 2. The van der Waals surface area contributed by atoms with Crippen LogP contribution in [0.15, 0.2) is 18.2 Å². The average Bonchev–Trinajstić information content (AvgIpc) is 2.71. The molecule has 0 aromatic heterocycles. The lowest BCUT2D eigenvalue weighted by Gasteiger charge is -2.16. The zero-order valence-electron chi connectivity index (χ0n) is 9.06. The zero-order chi connectivity index (χ0) is 11.7. The molecule has 0 bridgehead atoms. The molecule has 0 aliphatic carbocycles. The molecule has 2 rings (SSSR count). The minimum absolute atomic E-state index is 0.0429. The van der Waals surface area contributed by atoms with Crippen molar-refractivity contribution in [1.82, 2.24) is 0 Å². The van der Waals surface area contributed by atoms with Gasteiger partial charge in [0, 0.05) is 18.7 Å². The van der Waals surface area contributed by atoms with E-state index in [1.165, 1.54) is 0 Å². The van der Waals surface area contributed by atoms with E-state index >= 15 is 0 Å². The third-order valence-corrected chi connectivity index (χ3v) is 2.86. The van der Waals surface area contributed by atoms with Gasteiger partial charge < -0.3 is 10.0 Å². The predicted octanol–water partition coefficient (Wildman–Crippen LogP) is 1.68. The van der Waals surface area contributed by atoms with Crippen LogP contribution in [0.3, 0.4) is 0 Å². The van der Waals surface area contributed by atoms with Gasteiger partial charge in [0.1, 0.15) is 0 Å². The number of nitrogens with zero attached hydrogens (tertiary/aromatic N) is 1. The van der Waals surface area contributed by atoms with E-state index in [9.17, 15) is 9.59 Å². The van der Waals surface area contributed by atoms with Gasteiger partial charge in [-0.15, -0.1) is 0 Å². The molecular weight excluding hydrogens is 206 g/mol. The summed E-state index contributed by atoms with van der Waals surface area (Å²) in [6.45, 7) is 2.40. The Balaban J connectivity index is 2.45. The highest BCUT2D eigenvalue weighted by Crippen LogP contribution is 2.31. The van der Waals surface area contributed by atoms with Crippen LogP contribution >= 0.6 is 0 Å². The Morgan fingerprint density at radius 2 is 2.19 bits per heavy atom. The van der Waals surface area contributed by atoms with Crippen LogP contribution in [0.25, 0.3) is 0 Å². The van der Waals surface area contributed by atoms with Crippen LogP contribution < -0.4 is 4.90 Å². The molecule has 0 radical (unpaired) electrons. The quantitative estimate of drug-likeness (QED) is 0.823. The van der Waals surface area contributed by atoms with Gasteiger partial charge >= 0.3 is 5.97 Å². The van der Waals surface area contributed by atoms with Crippen molar-refractivity contribution in [3.63, 3.8) is 0 Å². The molecule has 1 aromatic rings. The maximum atomic E-state index is 11.6. The van der Waals surface area contributed by atoms with Crippen LogP contribution in [-0.4, -0.2) is 23.5 Å². The summed E-state index contributed by atoms with van der Waals surface area (Å²) in [6.07, 6.45) is 1.07. The van der Waals surface area contributed by atoms with Crippen molar-refractivity contribution in [2.75, 3.05) is 11.4 Å². The van der Waals surface area contributed by atoms with Crippen LogP contribution in [0.1, 0.15) is 29.3 Å². The van der Waals surface area contributed by atoms with E-state index in [1.54, 1.807) is 24.0 Å². The van der Waals surface area contributed by atoms with Crippen molar-refractivity contribution in [1.29, 1.82) is 0 Å². The number of fused-ring (bicyclic) bond motifs is 1. The zero-order valence-corrected chi connectivity index (χ0v) is 9.06. The first-order chi connectivity index (χ1) is 7.65. The van der Waals surface area contributed by atoms with Gasteiger partial charge in [-0.2, -0.15) is 0 Å². The molecule has 0 unspecified atom stereocenters. The minimum Gasteiger partial charge on any atom is -0.478 e. The Labute approximate surface area is 93.5 Å². The maximum Gasteiger partial charge on any atom is 0.336 e. The van der Waals surface area contributed by atoms with Gasteiger partial charge in [0.25, 0.3) is 0 Å². The van der Waals surface area contributed by atoms with Crippen LogP contribution in [0, 0.1) is 0 Å². The first-order valence-corrected chi connectivity index (χ1v) is 5.30. The second kappa shape index (κ2) is 3.96. The molecule has 4 nitrogen and oxygen atoms in total. The molecule has 84 valence electrons. The molecule has 1 N–H and O–H groups in total. The van der Waals surface area contributed by atoms with E-state index in [0.29, 0.717) is 24.9 Å². The summed E-state index contributed by atoms with van der Waals surface area (Å²) in [4.78, 5) is 24.3. The van der Waals surface area contributed by atoms with Crippen molar-refractivity contribution in [3.05, 3.63) is 29.3 Å². The van der Waals surface area contributed by atoms with E-state index in [2.05, 4.69) is 0 Å². The molecule has 4 heteroatoms. The van der Waals surface area contributed by atoms with Gasteiger partial charge in [0.05, 0.1) is 5.56 Å². The molecule has 1 aliphatic heterocycles. The van der Waals surface area contributed by atoms with Crippen molar-refractivity contribution < 1.29 is 14.7 Å². The Morgan fingerprint density at radius 3 is 2.81 bits per heavy atom. The van der Waals surface area contributed by atoms with Crippen molar-refractivity contribution >= 4 is 17.6 Å². The lowest BCUT2D eigenvalue weighted by molar-refractivity contribution is -0.118. The molecule has 0 saturated carbocycles. The van der Waals surface area contributed by atoms with E-state index in [-0.39, 0.29) is 5.91 Å². The molecule has 0 fully saturated rings. The van der Waals surface area contributed by atoms with Crippen LogP contribution in [0.4, 0.5) is 5.69 Å². The number of benzene rings is 1. The lowest BCUT2D eigenvalue weighted by Crippen LogP contribution is -2.27. The van der Waals surface area contributed by atoms with Crippen LogP contribution in [0.5, 0.6) is 0 Å². The van der Waals surface area contributed by atoms with Gasteiger partial charge in [-0.3, -0.25) is 4.79 Å². The Morgan fingerprint density at radius 1 is 1.44 bits per heavy atom. The SMILES string of the molecule is CCC(=O)N1CCc2c(C(=O)O)cccc21. The summed E-state index contributed by atoms with van der Waals surface area (Å²) in [7, 11) is 0. The molecule has 16 heavy (non-hydrogen) atoms. The highest BCUT2D eigenvalue weighted by Gasteiger charge is 2.26. The van der Waals surface area contributed by atoms with Gasteiger partial charge in [-0.1, -0.05) is 13.0 Å². The third-order valence-electron chi connectivity index (χ3n) is 2.86. The highest BCUT2D eigenvalue weighted by molar-refractivity contribution is 5.99. The number of hydrogen-bond acceptors (Lipinski definition) is 2. The number of anilines is 1. The summed E-state index contributed by atoms with van der Waals surface area (Å²) in [6, 6.07) is 5.08. The average molecular weight is 219 g/mol. The van der Waals surface area contributed by atoms with Gasteiger partial charge in [0.15, 0.2) is 0 Å². The van der Waals surface area contributed by atoms with E-state index in [4.69, 9.17) is 5.11 Å². The molecule has 0 saturated heterocycles. The molecule has 0 spiro atoms. The normalized spacial score (nSPS) is 13.7. The van der Waals surface area contributed by atoms with E-state index < -0.39 is 5.97 Å². The summed E-state index contributed by atoms with van der Waals surface area (Å²) in [5.41, 5.74) is 1.84. The smallest absolute Gasteiger partial charge is 0.336 e. The fourth-order valence-electron chi connectivity index (χ4n) is 2.08. The fraction of sp³-hybridized carbons (Fsp3) is 0.333. The predicted molar refractivity (Wildman–Crippen MR) is 59.7 cm³/mol. The number of amides is 1. The summed E-state index contributed by atoms with van der Waals surface area (Å²) in [5.74, 6) is -0.885. The van der Waals surface area contributed by atoms with E-state index in [0.717, 1.165) is 11.3 Å². The third kappa shape index (κ3) is 1.56. The number of carboxylic acid groups (broad SMARTS) is 1. The topological polar surface area (TPSA) is 57.6 Å². The maximum absolute atomic E-state index is 11.6. The van der Waals surface area contributed by atoms with Gasteiger partial charge in [0.2, 0.25) is 5.91 Å². The van der Waals surface area contributed by atoms with Crippen molar-refractivity contribution in [3.8, 4) is 0 Å². The minimum atomic E-state index is -0.928. The van der Waals surface area contributed by atoms with Crippen LogP contribution in [0.2, 0.25) is 0 Å². The largest absolute Gasteiger partial charge is 0.478 e. The van der Waals surface area contributed by atoms with Crippen molar-refractivity contribution in [2.45, 2.75) is 19.8 Å². The monoisotopic (exact) mass is 219 g/mol. The molecule has 1 aliphatic rings. The van der Waals surface area contributed by atoms with Crippen LogP contribution in [-0.2, 0) is 11.2 Å². The van der Waals surface area contributed by atoms with Gasteiger partial charge in [-0.25, -0.2) is 4.79 Å². The first-order valence-electron chi connectivity index (χ1n) is 5.30. The molecule has 1 amide bonds. The summed E-state index contributed by atoms with van der Waals surface area (Å²) >= 11 is 0. The number of carboxylic acids is 1. The standard InChI is InChI=1S/C12H13NO3/c1-2-11(14)13-7-6-8-9(12(15)16)4-3-5-10(8)13/h3-5H,2,6-7H2,1H3,(H,15,16). The van der Waals surface area contributed by atoms with E-state index in [1.807, 2.05) is 6.07 Å². The number of hydrogen-bond donors (Lipinski definition) is 1. The Kier molecular flexibility index (Phi) is 2.64. The van der Waals surface area contributed by atoms with Crippen molar-refractivity contribution in [2.24, 2.45) is 0 Å². The Hall–Kier alpha value is -1.84. The number of carbonyl (C=O) groups excluding carboxylic acids is 1. The Bertz CT molecular complexity index is 454. The molecule has 1 aromatic carbocycles. The van der Waals surface area contributed by atoms with Gasteiger partial charge in [-0.05, 0) is 24.1 Å². The molecule has 1 heterocycles. The summed E-state index contributed by atoms with van der Waals surface area (Å²) in [5, 5.41) is 9.03. The highest BCUT2D eigenvalue weighted by atomic mass is 16.4. The summed E-state index contributed by atoms with van der Waals surface area (Å²) < 4.78 is 0. The number of carbonyl (C=O) groups is 2. The second-order valence-corrected chi connectivity index (χ2v) is 3.76. The lowest BCUT2D eigenvalue weighted by atomic mass is 10.1. The molecule has 0 atom stereocenters. The first kappa shape index (κ1) is 10.7. The molecular formula is C12H13NO3.